The second-order valence-corrected chi connectivity index (χ2v) is 10.4. The highest BCUT2D eigenvalue weighted by Crippen LogP contribution is 2.27. The van der Waals surface area contributed by atoms with Crippen LogP contribution in [0.4, 0.5) is 0 Å². The summed E-state index contributed by atoms with van der Waals surface area (Å²) in [6.07, 6.45) is 3.27. The van der Waals surface area contributed by atoms with E-state index in [1.807, 2.05) is 31.2 Å². The smallest absolute Gasteiger partial charge is 0.251 e. The van der Waals surface area contributed by atoms with Gasteiger partial charge < -0.3 is 5.32 Å². The van der Waals surface area contributed by atoms with Crippen LogP contribution in [0.3, 0.4) is 0 Å². The van der Waals surface area contributed by atoms with E-state index in [9.17, 15) is 13.2 Å². The number of hydrogen-bond acceptors (Lipinski definition) is 5. The highest BCUT2D eigenvalue weighted by Gasteiger charge is 2.33. The van der Waals surface area contributed by atoms with Crippen molar-refractivity contribution >= 4 is 37.5 Å². The summed E-state index contributed by atoms with van der Waals surface area (Å²) in [6.45, 7) is 2.90. The van der Waals surface area contributed by atoms with E-state index in [4.69, 9.17) is 0 Å². The van der Waals surface area contributed by atoms with Crippen molar-refractivity contribution in [3.8, 4) is 0 Å². The van der Waals surface area contributed by atoms with Crippen molar-refractivity contribution in [1.82, 2.24) is 14.6 Å². The Morgan fingerprint density at radius 3 is 2.80 bits per heavy atom. The molecule has 0 spiro atoms. The number of sulfonamides is 1. The Kier molecular flexibility index (Phi) is 6.17. The van der Waals surface area contributed by atoms with Gasteiger partial charge in [0.2, 0.25) is 10.0 Å². The van der Waals surface area contributed by atoms with Crippen molar-refractivity contribution in [2.45, 2.75) is 43.5 Å². The lowest BCUT2D eigenvalue weighted by Crippen LogP contribution is -2.45. The quantitative estimate of drug-likeness (QED) is 0.625. The van der Waals surface area contributed by atoms with Crippen LogP contribution in [0.25, 0.3) is 10.2 Å². The van der Waals surface area contributed by atoms with Crippen LogP contribution in [0.1, 0.15) is 41.6 Å². The van der Waals surface area contributed by atoms with Gasteiger partial charge in [-0.1, -0.05) is 24.1 Å². The number of thiazole rings is 1. The molecule has 0 radical (unpaired) electrons. The molecule has 2 heterocycles. The molecule has 1 amide bonds. The predicted octanol–water partition coefficient (Wildman–Crippen LogP) is 3.97. The monoisotopic (exact) mass is 443 g/mol. The van der Waals surface area contributed by atoms with Crippen molar-refractivity contribution in [3.05, 3.63) is 59.1 Å². The number of hydrogen-bond donors (Lipinski definition) is 1. The van der Waals surface area contributed by atoms with Crippen molar-refractivity contribution in [3.63, 3.8) is 0 Å². The van der Waals surface area contributed by atoms with Crippen molar-refractivity contribution in [2.75, 3.05) is 13.1 Å². The third-order valence-corrected chi connectivity index (χ3v) is 8.32. The van der Waals surface area contributed by atoms with E-state index in [0.29, 0.717) is 30.0 Å². The second-order valence-electron chi connectivity index (χ2n) is 7.66. The Labute approximate surface area is 181 Å². The fourth-order valence-corrected chi connectivity index (χ4v) is 6.32. The maximum absolute atomic E-state index is 13.2. The molecular weight excluding hydrogens is 418 g/mol. The van der Waals surface area contributed by atoms with Gasteiger partial charge in [-0.2, -0.15) is 4.31 Å². The molecule has 0 aliphatic carbocycles. The van der Waals surface area contributed by atoms with E-state index < -0.39 is 10.0 Å². The van der Waals surface area contributed by atoms with Gasteiger partial charge in [-0.05, 0) is 56.5 Å². The summed E-state index contributed by atoms with van der Waals surface area (Å²) in [7, 11) is -3.53. The SMILES string of the molecule is Cc1ccc(S(=O)(=O)N2CCCCC2CCNC(=O)c2ccc3ncsc3c2)cc1. The zero-order chi connectivity index (χ0) is 21.1. The number of rotatable bonds is 6. The summed E-state index contributed by atoms with van der Waals surface area (Å²) >= 11 is 1.50. The maximum Gasteiger partial charge on any atom is 0.251 e. The minimum atomic E-state index is -3.53. The molecule has 0 bridgehead atoms. The van der Waals surface area contributed by atoms with Crippen LogP contribution in [-0.4, -0.2) is 42.7 Å². The first-order valence-corrected chi connectivity index (χ1v) is 12.5. The molecule has 30 heavy (non-hydrogen) atoms. The van der Waals surface area contributed by atoms with Gasteiger partial charge in [0.05, 0.1) is 20.6 Å². The minimum Gasteiger partial charge on any atom is -0.352 e. The molecule has 1 atom stereocenters. The Morgan fingerprint density at radius 1 is 1.20 bits per heavy atom. The van der Waals surface area contributed by atoms with E-state index in [0.717, 1.165) is 35.0 Å². The lowest BCUT2D eigenvalue weighted by atomic mass is 10.0. The van der Waals surface area contributed by atoms with Crippen LogP contribution in [0.15, 0.2) is 52.9 Å². The molecule has 3 aromatic rings. The highest BCUT2D eigenvalue weighted by atomic mass is 32.2. The van der Waals surface area contributed by atoms with Crippen LogP contribution in [0.2, 0.25) is 0 Å². The number of carbonyl (C=O) groups is 1. The number of carbonyl (C=O) groups excluding carboxylic acids is 1. The topological polar surface area (TPSA) is 79.4 Å². The molecule has 0 saturated carbocycles. The number of fused-ring (bicyclic) bond motifs is 1. The van der Waals surface area contributed by atoms with Gasteiger partial charge in [-0.25, -0.2) is 13.4 Å². The first-order valence-electron chi connectivity index (χ1n) is 10.1. The average Bonchev–Trinajstić information content (AvgIpc) is 3.22. The van der Waals surface area contributed by atoms with E-state index in [1.54, 1.807) is 28.0 Å². The number of aromatic nitrogens is 1. The molecule has 4 rings (SSSR count). The molecule has 158 valence electrons. The molecule has 6 nitrogen and oxygen atoms in total. The standard InChI is InChI=1S/C22H25N3O3S2/c1-16-5-8-19(9-6-16)30(27,28)25-13-3-2-4-18(25)11-12-23-22(26)17-7-10-20-21(14-17)29-15-24-20/h5-10,14-15,18H,2-4,11-13H2,1H3,(H,23,26). The molecule has 1 aliphatic heterocycles. The Morgan fingerprint density at radius 2 is 2.00 bits per heavy atom. The molecule has 2 aromatic carbocycles. The zero-order valence-corrected chi connectivity index (χ0v) is 18.5. The fraction of sp³-hybridized carbons (Fsp3) is 0.364. The lowest BCUT2D eigenvalue weighted by Gasteiger charge is -2.34. The van der Waals surface area contributed by atoms with Gasteiger partial charge in [0, 0.05) is 24.7 Å². The number of nitrogens with zero attached hydrogens (tertiary/aromatic N) is 2. The van der Waals surface area contributed by atoms with E-state index in [-0.39, 0.29) is 11.9 Å². The molecule has 8 heteroatoms. The largest absolute Gasteiger partial charge is 0.352 e. The van der Waals surface area contributed by atoms with Crippen LogP contribution in [-0.2, 0) is 10.0 Å². The molecule has 1 unspecified atom stereocenters. The summed E-state index contributed by atoms with van der Waals surface area (Å²) in [6, 6.07) is 12.4. The molecule has 1 fully saturated rings. The number of nitrogens with one attached hydrogen (secondary N) is 1. The van der Waals surface area contributed by atoms with Crippen molar-refractivity contribution in [2.24, 2.45) is 0 Å². The normalized spacial score (nSPS) is 17.8. The predicted molar refractivity (Wildman–Crippen MR) is 119 cm³/mol. The van der Waals surface area contributed by atoms with Gasteiger partial charge in [-0.15, -0.1) is 11.3 Å². The molecule has 1 N–H and O–H groups in total. The fourth-order valence-electron chi connectivity index (χ4n) is 3.88. The number of amides is 1. The van der Waals surface area contributed by atoms with E-state index in [2.05, 4.69) is 10.3 Å². The van der Waals surface area contributed by atoms with Crippen molar-refractivity contribution in [1.29, 1.82) is 0 Å². The van der Waals surface area contributed by atoms with Crippen LogP contribution in [0.5, 0.6) is 0 Å². The molecule has 1 aromatic heterocycles. The Hall–Kier alpha value is -2.29. The first-order chi connectivity index (χ1) is 14.4. The van der Waals surface area contributed by atoms with E-state index in [1.165, 1.54) is 11.3 Å². The number of benzene rings is 2. The van der Waals surface area contributed by atoms with E-state index >= 15 is 0 Å². The average molecular weight is 444 g/mol. The Balaban J connectivity index is 1.41. The first kappa shape index (κ1) is 21.0. The van der Waals surface area contributed by atoms with Gasteiger partial charge in [0.25, 0.3) is 5.91 Å². The maximum atomic E-state index is 13.2. The number of piperidine rings is 1. The third kappa shape index (κ3) is 4.40. The van der Waals surface area contributed by atoms with Crippen LogP contribution < -0.4 is 5.32 Å². The van der Waals surface area contributed by atoms with Gasteiger partial charge in [0.1, 0.15) is 0 Å². The second kappa shape index (κ2) is 8.83. The van der Waals surface area contributed by atoms with Gasteiger partial charge in [0.15, 0.2) is 0 Å². The highest BCUT2D eigenvalue weighted by molar-refractivity contribution is 7.89. The minimum absolute atomic E-state index is 0.102. The van der Waals surface area contributed by atoms with Gasteiger partial charge >= 0.3 is 0 Å². The number of aryl methyl sites for hydroxylation is 1. The Bertz CT molecular complexity index is 1140. The van der Waals surface area contributed by atoms with Gasteiger partial charge in [-0.3, -0.25) is 4.79 Å². The molecule has 1 saturated heterocycles. The summed E-state index contributed by atoms with van der Waals surface area (Å²) < 4.78 is 28.9. The third-order valence-electron chi connectivity index (χ3n) is 5.56. The summed E-state index contributed by atoms with van der Waals surface area (Å²) in [5.74, 6) is -0.144. The lowest BCUT2D eigenvalue weighted by molar-refractivity contribution is 0.0949. The summed E-state index contributed by atoms with van der Waals surface area (Å²) in [5.41, 5.74) is 4.28. The summed E-state index contributed by atoms with van der Waals surface area (Å²) in [5, 5.41) is 2.95. The molecule has 1 aliphatic rings. The zero-order valence-electron chi connectivity index (χ0n) is 16.9. The molecular formula is C22H25N3O3S2. The van der Waals surface area contributed by atoms with Crippen molar-refractivity contribution < 1.29 is 13.2 Å². The van der Waals surface area contributed by atoms with Crippen LogP contribution >= 0.6 is 11.3 Å². The van der Waals surface area contributed by atoms with Crippen LogP contribution in [0, 0.1) is 6.92 Å². The summed E-state index contributed by atoms with van der Waals surface area (Å²) in [4.78, 5) is 17.1.